The van der Waals surface area contributed by atoms with Crippen LogP contribution in [0.2, 0.25) is 0 Å². The van der Waals surface area contributed by atoms with Crippen LogP contribution in [0, 0.1) is 0 Å². The second-order valence-corrected chi connectivity index (χ2v) is 9.67. The highest BCUT2D eigenvalue weighted by atomic mass is 16.3. The van der Waals surface area contributed by atoms with Gasteiger partial charge in [-0.2, -0.15) is 0 Å². The van der Waals surface area contributed by atoms with E-state index < -0.39 is 0 Å². The lowest BCUT2D eigenvalue weighted by Crippen LogP contribution is -2.42. The van der Waals surface area contributed by atoms with E-state index in [-0.39, 0.29) is 7.43 Å². The molecule has 5 nitrogen and oxygen atoms in total. The van der Waals surface area contributed by atoms with Crippen LogP contribution in [0.25, 0.3) is 28.6 Å². The van der Waals surface area contributed by atoms with Gasteiger partial charge in [0.25, 0.3) is 0 Å². The number of benzene rings is 2. The summed E-state index contributed by atoms with van der Waals surface area (Å²) in [4.78, 5) is 7.00. The molecule has 0 atom stereocenters. The van der Waals surface area contributed by atoms with Crippen LogP contribution in [-0.4, -0.2) is 36.7 Å². The number of allylic oxidation sites excluding steroid dienone is 2. The number of anilines is 1. The molecule has 0 aliphatic carbocycles. The number of hydrogen-bond donors (Lipinski definition) is 0. The number of hydrogen-bond acceptors (Lipinski definition) is 3. The fourth-order valence-electron chi connectivity index (χ4n) is 4.75. The summed E-state index contributed by atoms with van der Waals surface area (Å²) < 4.78 is 9.09. The van der Waals surface area contributed by atoms with E-state index in [0.29, 0.717) is 5.89 Å². The van der Waals surface area contributed by atoms with Crippen molar-refractivity contribution in [3.63, 3.8) is 0 Å². The van der Waals surface area contributed by atoms with Gasteiger partial charge in [-0.3, -0.25) is 0 Å². The Balaban J connectivity index is 0.00000304. The summed E-state index contributed by atoms with van der Waals surface area (Å²) in [5.74, 6) is 0.610. The number of quaternary nitrogens is 1. The second kappa shape index (κ2) is 10.1. The standard InChI is InChI=1S/C30H34N4O.CH4/c1-6-34(5,7-2)21-22-14-16-23(17-15-22)27-19-24(25-11-8-9-12-26(25)33(27)4)20-29-31-30-28(35-29)13-10-18-32(30)3;/h8-20H,6-7,21H2,1-5H3;1H4/q+2;. The molecule has 5 rings (SSSR count). The summed E-state index contributed by atoms with van der Waals surface area (Å²) in [7, 11) is 6.44. The molecule has 0 amide bonds. The number of aryl methyl sites for hydroxylation is 1. The highest BCUT2D eigenvalue weighted by Crippen LogP contribution is 2.39. The van der Waals surface area contributed by atoms with Crippen molar-refractivity contribution in [3.05, 3.63) is 95.5 Å². The van der Waals surface area contributed by atoms with E-state index in [9.17, 15) is 0 Å². The van der Waals surface area contributed by atoms with Gasteiger partial charge in [0, 0.05) is 40.6 Å². The topological polar surface area (TPSA) is 33.1 Å². The minimum atomic E-state index is 0. The molecule has 2 aromatic carbocycles. The Morgan fingerprint density at radius 1 is 1.00 bits per heavy atom. The lowest BCUT2D eigenvalue weighted by Gasteiger charge is -2.32. The van der Waals surface area contributed by atoms with Crippen LogP contribution in [0.15, 0.2) is 77.4 Å². The molecule has 0 spiro atoms. The molecule has 4 aromatic rings. The molecule has 0 fully saturated rings. The second-order valence-electron chi connectivity index (χ2n) is 9.67. The summed E-state index contributed by atoms with van der Waals surface area (Å²) in [6, 6.07) is 21.5. The van der Waals surface area contributed by atoms with E-state index >= 15 is 0 Å². The maximum atomic E-state index is 6.06. The summed E-state index contributed by atoms with van der Waals surface area (Å²) in [6.45, 7) is 7.84. The first-order chi connectivity index (χ1) is 16.9. The number of nitrogens with zero attached hydrogens (tertiary/aromatic N) is 4. The number of rotatable bonds is 6. The first kappa shape index (κ1) is 25.4. The van der Waals surface area contributed by atoms with Crippen molar-refractivity contribution >= 4 is 34.3 Å². The summed E-state index contributed by atoms with van der Waals surface area (Å²) in [5, 5.41) is 0. The lowest BCUT2D eigenvalue weighted by molar-refractivity contribution is -0.919. The molecule has 3 heterocycles. The van der Waals surface area contributed by atoms with Gasteiger partial charge in [0.05, 0.1) is 33.4 Å². The summed E-state index contributed by atoms with van der Waals surface area (Å²) in [6.07, 6.45) is 6.27. The molecule has 1 aliphatic heterocycles. The van der Waals surface area contributed by atoms with Gasteiger partial charge in [-0.25, -0.2) is 4.57 Å². The van der Waals surface area contributed by atoms with E-state index in [1.165, 1.54) is 22.4 Å². The van der Waals surface area contributed by atoms with Gasteiger partial charge in [-0.1, -0.05) is 49.9 Å². The molecular weight excluding hydrogens is 444 g/mol. The van der Waals surface area contributed by atoms with E-state index in [2.05, 4.69) is 87.4 Å². The fourth-order valence-corrected chi connectivity index (χ4v) is 4.75. The van der Waals surface area contributed by atoms with Crippen LogP contribution in [0.4, 0.5) is 5.69 Å². The Labute approximate surface area is 215 Å². The van der Waals surface area contributed by atoms with Gasteiger partial charge < -0.3 is 13.8 Å². The Morgan fingerprint density at radius 2 is 1.72 bits per heavy atom. The Morgan fingerprint density at radius 3 is 2.42 bits per heavy atom. The molecule has 0 saturated carbocycles. The van der Waals surface area contributed by atoms with Gasteiger partial charge in [0.15, 0.2) is 0 Å². The fraction of sp³-hybridized carbons (Fsp3) is 0.290. The summed E-state index contributed by atoms with van der Waals surface area (Å²) >= 11 is 0. The molecule has 186 valence electrons. The minimum absolute atomic E-state index is 0. The Bertz CT molecular complexity index is 1420. The lowest BCUT2D eigenvalue weighted by atomic mass is 9.94. The van der Waals surface area contributed by atoms with Crippen molar-refractivity contribution in [2.24, 2.45) is 7.05 Å². The van der Waals surface area contributed by atoms with Crippen molar-refractivity contribution in [2.75, 3.05) is 32.1 Å². The molecule has 0 bridgehead atoms. The summed E-state index contributed by atoms with van der Waals surface area (Å²) in [5.41, 5.74) is 8.78. The van der Waals surface area contributed by atoms with Crippen molar-refractivity contribution in [2.45, 2.75) is 27.8 Å². The normalized spacial score (nSPS) is 14.5. The molecule has 0 radical (unpaired) electrons. The zero-order valence-electron chi connectivity index (χ0n) is 21.3. The van der Waals surface area contributed by atoms with Gasteiger partial charge in [-0.05, 0) is 49.3 Å². The maximum absolute atomic E-state index is 6.06. The van der Waals surface area contributed by atoms with Crippen molar-refractivity contribution < 1.29 is 13.5 Å². The van der Waals surface area contributed by atoms with Crippen LogP contribution in [0.5, 0.6) is 0 Å². The van der Waals surface area contributed by atoms with Crippen molar-refractivity contribution in [1.82, 2.24) is 4.98 Å². The van der Waals surface area contributed by atoms with Crippen LogP contribution in [0.1, 0.15) is 43.9 Å². The highest BCUT2D eigenvalue weighted by molar-refractivity contribution is 6.02. The average molecular weight is 483 g/mol. The predicted octanol–water partition coefficient (Wildman–Crippen LogP) is 6.31. The monoisotopic (exact) mass is 482 g/mol. The van der Waals surface area contributed by atoms with Gasteiger partial charge in [0.1, 0.15) is 6.54 Å². The first-order valence-corrected chi connectivity index (χ1v) is 12.4. The van der Waals surface area contributed by atoms with Crippen LogP contribution in [0.3, 0.4) is 0 Å². The number of fused-ring (bicyclic) bond motifs is 2. The zero-order chi connectivity index (χ0) is 24.6. The zero-order valence-corrected chi connectivity index (χ0v) is 21.3. The predicted molar refractivity (Wildman–Crippen MR) is 150 cm³/mol. The molecule has 2 aromatic heterocycles. The first-order valence-electron chi connectivity index (χ1n) is 12.4. The third-order valence-electron chi connectivity index (χ3n) is 7.39. The maximum Gasteiger partial charge on any atom is 0.370 e. The Hall–Kier alpha value is -3.70. The van der Waals surface area contributed by atoms with Crippen LogP contribution in [-0.2, 0) is 13.6 Å². The molecule has 36 heavy (non-hydrogen) atoms. The number of oxazole rings is 1. The molecular formula is C31H38N4O+2. The van der Waals surface area contributed by atoms with E-state index in [4.69, 9.17) is 9.40 Å². The van der Waals surface area contributed by atoms with E-state index in [1.807, 2.05) is 36.0 Å². The largest absolute Gasteiger partial charge is 0.411 e. The van der Waals surface area contributed by atoms with E-state index in [0.717, 1.165) is 46.6 Å². The third-order valence-corrected chi connectivity index (χ3v) is 7.39. The molecule has 1 aliphatic rings. The van der Waals surface area contributed by atoms with Gasteiger partial charge in [-0.15, -0.1) is 0 Å². The molecule has 0 unspecified atom stereocenters. The van der Waals surface area contributed by atoms with Gasteiger partial charge >= 0.3 is 11.5 Å². The van der Waals surface area contributed by atoms with Crippen molar-refractivity contribution in [3.8, 4) is 0 Å². The number of para-hydroxylation sites is 1. The van der Waals surface area contributed by atoms with E-state index in [1.54, 1.807) is 0 Å². The van der Waals surface area contributed by atoms with Crippen LogP contribution < -0.4 is 9.47 Å². The Kier molecular flexibility index (Phi) is 7.14. The average Bonchev–Trinajstić information content (AvgIpc) is 3.30. The number of aromatic nitrogens is 2. The smallest absolute Gasteiger partial charge is 0.370 e. The highest BCUT2D eigenvalue weighted by Gasteiger charge is 2.23. The van der Waals surface area contributed by atoms with Crippen molar-refractivity contribution in [1.29, 1.82) is 0 Å². The SMILES string of the molecule is C.CC[N+](C)(CC)Cc1ccc(C2=C/C(=C\c3nc4c(ccc[n+]4C)o3)c3ccccc3N2C)cc1. The quantitative estimate of drug-likeness (QED) is 0.239. The molecule has 0 saturated heterocycles. The molecule has 0 N–H and O–H groups in total. The molecule has 5 heteroatoms. The number of pyridine rings is 1. The van der Waals surface area contributed by atoms with Gasteiger partial charge in [0.2, 0.25) is 5.58 Å². The minimum Gasteiger partial charge on any atom is -0.411 e. The third kappa shape index (κ3) is 4.71. The van der Waals surface area contributed by atoms with Crippen LogP contribution >= 0.6 is 0 Å².